The zero-order valence-electron chi connectivity index (χ0n) is 2.68. The molecule has 0 aromatic carbocycles. The maximum absolute atomic E-state index is 0. The summed E-state index contributed by atoms with van der Waals surface area (Å²) in [5, 5.41) is 0. The van der Waals surface area contributed by atoms with Crippen molar-refractivity contribution in [3.63, 3.8) is 0 Å². The van der Waals surface area contributed by atoms with Crippen LogP contribution in [0.3, 0.4) is 0 Å². The first kappa shape index (κ1) is 688. The van der Waals surface area contributed by atoms with Crippen LogP contribution in [0, 0.1) is 0 Å². The molecule has 1 radical (unpaired) electrons. The van der Waals surface area contributed by atoms with Gasteiger partial charge in [0.05, 0.1) is 0 Å². The van der Waals surface area contributed by atoms with Gasteiger partial charge in [0.1, 0.15) is 0 Å². The Morgan fingerprint density at radius 3 is 0.333 bits per heavy atom. The Hall–Kier alpha value is 0.540. The van der Waals surface area contributed by atoms with Crippen molar-refractivity contribution < 1.29 is 49.8 Å². The molecule has 0 rings (SSSR count). The largest absolute Gasteiger partial charge is 2.00 e. The van der Waals surface area contributed by atoms with E-state index in [2.05, 4.69) is 0 Å². The molecule has 43 valence electrons. The summed E-state index contributed by atoms with van der Waals surface area (Å²) in [6.07, 6.45) is 0. The average Bonchev–Trinajstić information content (AvgIpc) is 0. The standard InChI is InChI=1S/Nb.5H2O/h;5*1H2/q+2;;;;;/p-5. The van der Waals surface area contributed by atoms with Gasteiger partial charge in [0.15, 0.2) is 0 Å². The van der Waals surface area contributed by atoms with Gasteiger partial charge in [-0.1, -0.05) is 0 Å². The van der Waals surface area contributed by atoms with Gasteiger partial charge >= 0.3 is 22.4 Å². The second kappa shape index (κ2) is 391. The number of hydrogen-bond acceptors (Lipinski definition) is 5. The van der Waals surface area contributed by atoms with Crippen LogP contribution in [0.15, 0.2) is 0 Å². The van der Waals surface area contributed by atoms with Crippen LogP contribution in [-0.2, 0) is 22.4 Å². The third-order valence-corrected chi connectivity index (χ3v) is 0. The summed E-state index contributed by atoms with van der Waals surface area (Å²) in [5.74, 6) is 0. The molecular weight excluding hydrogens is 173 g/mol. The van der Waals surface area contributed by atoms with Crippen molar-refractivity contribution in [1.29, 1.82) is 0 Å². The molecule has 0 aliphatic carbocycles. The van der Waals surface area contributed by atoms with Gasteiger partial charge in [-0.3, -0.25) is 0 Å². The molecule has 0 aliphatic rings. The molecule has 0 saturated heterocycles. The Labute approximate surface area is 50.4 Å². The third kappa shape index (κ3) is 195. The Morgan fingerprint density at radius 1 is 0.333 bits per heavy atom. The fraction of sp³-hybridized carbons (Fsp3) is 0. The summed E-state index contributed by atoms with van der Waals surface area (Å²) in [4.78, 5) is 0. The van der Waals surface area contributed by atoms with Crippen molar-refractivity contribution in [1.82, 2.24) is 0 Å². The van der Waals surface area contributed by atoms with E-state index in [1.54, 1.807) is 0 Å². The van der Waals surface area contributed by atoms with Crippen LogP contribution < -0.4 is 0 Å². The predicted octanol–water partition coefficient (Wildman–Crippen LogP) is -0.886. The van der Waals surface area contributed by atoms with E-state index in [0.717, 1.165) is 0 Å². The molecule has 6 heavy (non-hydrogen) atoms. The van der Waals surface area contributed by atoms with Gasteiger partial charge in [0.25, 0.3) is 0 Å². The van der Waals surface area contributed by atoms with Gasteiger partial charge in [0.2, 0.25) is 0 Å². The molecule has 0 amide bonds. The van der Waals surface area contributed by atoms with Crippen LogP contribution in [-0.4, -0.2) is 27.4 Å². The zero-order valence-corrected chi connectivity index (χ0v) is 4.88. The predicted molar refractivity (Wildman–Crippen MR) is 9.68 cm³/mol. The van der Waals surface area contributed by atoms with E-state index < -0.39 is 0 Å². The molecule has 0 heterocycles. The van der Waals surface area contributed by atoms with Crippen molar-refractivity contribution in [3.8, 4) is 0 Å². The van der Waals surface area contributed by atoms with Crippen molar-refractivity contribution in [2.75, 3.05) is 0 Å². The summed E-state index contributed by atoms with van der Waals surface area (Å²) in [6, 6.07) is 0. The minimum Gasteiger partial charge on any atom is -0.870 e. The van der Waals surface area contributed by atoms with Crippen LogP contribution in [0.4, 0.5) is 0 Å². The van der Waals surface area contributed by atoms with Gasteiger partial charge in [-0.15, -0.1) is 0 Å². The quantitative estimate of drug-likeness (QED) is 0.440. The number of hydrogen-bond donors (Lipinski definition) is 0. The maximum atomic E-state index is 0. The zero-order chi connectivity index (χ0) is 0. The van der Waals surface area contributed by atoms with Crippen molar-refractivity contribution in [3.05, 3.63) is 0 Å². The molecule has 0 spiro atoms. The Bertz CT molecular complexity index is 3.90. The topological polar surface area (TPSA) is 150 Å². The van der Waals surface area contributed by atoms with Crippen molar-refractivity contribution in [2.24, 2.45) is 0 Å². The molecule has 0 aromatic rings. The molecule has 5 N–H and O–H groups in total. The van der Waals surface area contributed by atoms with Crippen LogP contribution in [0.25, 0.3) is 0 Å². The first-order valence-electron chi connectivity index (χ1n) is 0. The molecule has 0 atom stereocenters. The average molecular weight is 178 g/mol. The van der Waals surface area contributed by atoms with E-state index in [4.69, 9.17) is 0 Å². The van der Waals surface area contributed by atoms with Gasteiger partial charge in [-0.25, -0.2) is 0 Å². The summed E-state index contributed by atoms with van der Waals surface area (Å²) in [6.45, 7) is 0. The molecule has 0 aliphatic heterocycles. The molecule has 0 unspecified atom stereocenters. The van der Waals surface area contributed by atoms with Crippen molar-refractivity contribution >= 4 is 0 Å². The molecular formula is H5NbO5-3. The Morgan fingerprint density at radius 2 is 0.333 bits per heavy atom. The van der Waals surface area contributed by atoms with Crippen LogP contribution >= 0.6 is 0 Å². The Kier molecular flexibility index (Phi) is 44900. The minimum atomic E-state index is 0. The van der Waals surface area contributed by atoms with Gasteiger partial charge in [0, 0.05) is 0 Å². The smallest absolute Gasteiger partial charge is 0.870 e. The van der Waals surface area contributed by atoms with E-state index in [0.29, 0.717) is 0 Å². The summed E-state index contributed by atoms with van der Waals surface area (Å²) < 4.78 is 0. The molecule has 5 nitrogen and oxygen atoms in total. The monoisotopic (exact) mass is 178 g/mol. The van der Waals surface area contributed by atoms with Crippen LogP contribution in [0.5, 0.6) is 0 Å². The first-order chi connectivity index (χ1) is 0. The second-order valence-electron chi connectivity index (χ2n) is 0. The van der Waals surface area contributed by atoms with Crippen LogP contribution in [0.2, 0.25) is 0 Å². The van der Waals surface area contributed by atoms with Gasteiger partial charge < -0.3 is 27.4 Å². The molecule has 0 bridgehead atoms. The van der Waals surface area contributed by atoms with E-state index >= 15 is 0 Å². The van der Waals surface area contributed by atoms with E-state index in [-0.39, 0.29) is 49.8 Å². The SMILES string of the molecule is [Nb+2].[OH-].[OH-].[OH-].[OH-].[OH-]. The van der Waals surface area contributed by atoms with E-state index in [1.165, 1.54) is 0 Å². The fourth-order valence-electron chi connectivity index (χ4n) is 0. The molecule has 0 aromatic heterocycles. The second-order valence-corrected chi connectivity index (χ2v) is 0. The van der Waals surface area contributed by atoms with Crippen molar-refractivity contribution in [2.45, 2.75) is 0 Å². The van der Waals surface area contributed by atoms with Gasteiger partial charge in [-0.05, 0) is 0 Å². The van der Waals surface area contributed by atoms with Crippen LogP contribution in [0.1, 0.15) is 0 Å². The van der Waals surface area contributed by atoms with E-state index in [9.17, 15) is 0 Å². The minimum absolute atomic E-state index is 0. The molecule has 6 heteroatoms. The normalized spacial score (nSPS) is 0. The summed E-state index contributed by atoms with van der Waals surface area (Å²) in [7, 11) is 0. The molecule has 0 fully saturated rings. The fourth-order valence-corrected chi connectivity index (χ4v) is 0. The summed E-state index contributed by atoms with van der Waals surface area (Å²) >= 11 is 0. The number of rotatable bonds is 0. The molecule has 0 saturated carbocycles. The van der Waals surface area contributed by atoms with Gasteiger partial charge in [-0.2, -0.15) is 0 Å². The summed E-state index contributed by atoms with van der Waals surface area (Å²) in [5.41, 5.74) is 0. The third-order valence-electron chi connectivity index (χ3n) is 0. The van der Waals surface area contributed by atoms with E-state index in [1.807, 2.05) is 0 Å². The Balaban J connectivity index is 0. The maximum Gasteiger partial charge on any atom is 2.00 e. The first-order valence-corrected chi connectivity index (χ1v) is 0.